The van der Waals surface area contributed by atoms with Gasteiger partial charge < -0.3 is 14.8 Å². The van der Waals surface area contributed by atoms with Gasteiger partial charge in [-0.05, 0) is 20.0 Å². The first kappa shape index (κ1) is 14.3. The third-order valence-electron chi connectivity index (χ3n) is 2.88. The Morgan fingerprint density at radius 3 is 2.80 bits per heavy atom. The number of aromatic nitrogens is 3. The van der Waals surface area contributed by atoms with E-state index in [0.29, 0.717) is 13.2 Å². The lowest BCUT2D eigenvalue weighted by Crippen LogP contribution is -2.10. The second-order valence-corrected chi connectivity index (χ2v) is 4.30. The minimum atomic E-state index is 0.358. The molecule has 6 nitrogen and oxygen atoms in total. The van der Waals surface area contributed by atoms with Gasteiger partial charge in [-0.1, -0.05) is 12.1 Å². The van der Waals surface area contributed by atoms with Gasteiger partial charge in [-0.25, -0.2) is 4.98 Å². The number of hydrogen-bond acceptors (Lipinski definition) is 5. The van der Waals surface area contributed by atoms with Crippen molar-refractivity contribution in [1.82, 2.24) is 20.1 Å². The van der Waals surface area contributed by atoms with Gasteiger partial charge >= 0.3 is 0 Å². The molecule has 1 heterocycles. The van der Waals surface area contributed by atoms with Crippen molar-refractivity contribution >= 4 is 0 Å². The predicted octanol–water partition coefficient (Wildman–Crippen LogP) is 1.51. The summed E-state index contributed by atoms with van der Waals surface area (Å²) < 4.78 is 13.2. The molecule has 20 heavy (non-hydrogen) atoms. The Labute approximate surface area is 118 Å². The van der Waals surface area contributed by atoms with Crippen LogP contribution in [0.2, 0.25) is 0 Å². The van der Waals surface area contributed by atoms with Gasteiger partial charge in [0.05, 0.1) is 6.61 Å². The molecule has 0 aliphatic rings. The van der Waals surface area contributed by atoms with E-state index in [1.54, 1.807) is 4.68 Å². The Morgan fingerprint density at radius 1 is 1.30 bits per heavy atom. The molecule has 2 rings (SSSR count). The van der Waals surface area contributed by atoms with E-state index in [1.165, 1.54) is 6.33 Å². The molecule has 0 amide bonds. The van der Waals surface area contributed by atoms with E-state index in [1.807, 2.05) is 39.2 Å². The Hall–Kier alpha value is -2.08. The van der Waals surface area contributed by atoms with Crippen molar-refractivity contribution < 1.29 is 9.47 Å². The van der Waals surface area contributed by atoms with E-state index < -0.39 is 0 Å². The van der Waals surface area contributed by atoms with E-state index in [0.717, 1.165) is 29.4 Å². The maximum absolute atomic E-state index is 5.91. The van der Waals surface area contributed by atoms with Gasteiger partial charge in [0.1, 0.15) is 12.9 Å². The minimum absolute atomic E-state index is 0.358. The Morgan fingerprint density at radius 2 is 2.15 bits per heavy atom. The number of hydrogen-bond donors (Lipinski definition) is 1. The maximum Gasteiger partial charge on any atom is 0.166 e. The standard InChI is InChI=1S/C14H20N4O2/c1-4-19-12-7-5-6-11(8-15-2)14(12)20-9-13-16-10-17-18(13)3/h5-7,10,15H,4,8-9H2,1-3H3. The van der Waals surface area contributed by atoms with Gasteiger partial charge in [-0.15, -0.1) is 0 Å². The molecule has 1 aromatic carbocycles. The number of para-hydroxylation sites is 1. The molecule has 0 radical (unpaired) electrons. The van der Waals surface area contributed by atoms with Gasteiger partial charge in [-0.2, -0.15) is 5.10 Å². The van der Waals surface area contributed by atoms with Crippen molar-refractivity contribution in [2.45, 2.75) is 20.1 Å². The van der Waals surface area contributed by atoms with E-state index in [2.05, 4.69) is 15.4 Å². The second kappa shape index (κ2) is 6.91. The van der Waals surface area contributed by atoms with E-state index in [-0.39, 0.29) is 0 Å². The zero-order chi connectivity index (χ0) is 14.4. The highest BCUT2D eigenvalue weighted by Gasteiger charge is 2.12. The fraction of sp³-hybridized carbons (Fsp3) is 0.429. The lowest BCUT2D eigenvalue weighted by atomic mass is 10.2. The van der Waals surface area contributed by atoms with E-state index in [9.17, 15) is 0 Å². The smallest absolute Gasteiger partial charge is 0.166 e. The molecule has 0 saturated carbocycles. The van der Waals surface area contributed by atoms with E-state index >= 15 is 0 Å². The first-order valence-electron chi connectivity index (χ1n) is 6.61. The van der Waals surface area contributed by atoms with Crippen LogP contribution in [-0.4, -0.2) is 28.4 Å². The zero-order valence-electron chi connectivity index (χ0n) is 12.1. The van der Waals surface area contributed by atoms with Crippen molar-refractivity contribution in [2.75, 3.05) is 13.7 Å². The number of aryl methyl sites for hydroxylation is 1. The van der Waals surface area contributed by atoms with Gasteiger partial charge in [0.2, 0.25) is 0 Å². The van der Waals surface area contributed by atoms with Crippen LogP contribution in [0.15, 0.2) is 24.5 Å². The molecule has 0 aliphatic carbocycles. The summed E-state index contributed by atoms with van der Waals surface area (Å²) in [4.78, 5) is 4.15. The number of ether oxygens (including phenoxy) is 2. The van der Waals surface area contributed by atoms with Crippen LogP contribution >= 0.6 is 0 Å². The molecule has 2 aromatic rings. The summed E-state index contributed by atoms with van der Waals surface area (Å²) in [5.41, 5.74) is 1.06. The second-order valence-electron chi connectivity index (χ2n) is 4.30. The summed E-state index contributed by atoms with van der Waals surface area (Å²) in [6, 6.07) is 5.90. The lowest BCUT2D eigenvalue weighted by molar-refractivity contribution is 0.256. The molecule has 0 bridgehead atoms. The summed E-state index contributed by atoms with van der Waals surface area (Å²) in [5, 5.41) is 7.16. The van der Waals surface area contributed by atoms with Gasteiger partial charge in [-0.3, -0.25) is 4.68 Å². The molecule has 1 N–H and O–H groups in total. The molecular weight excluding hydrogens is 256 g/mol. The van der Waals surface area contributed by atoms with Crippen LogP contribution in [0.4, 0.5) is 0 Å². The molecular formula is C14H20N4O2. The molecule has 0 unspecified atom stereocenters. The van der Waals surface area contributed by atoms with Crippen molar-refractivity contribution in [2.24, 2.45) is 7.05 Å². The van der Waals surface area contributed by atoms with Crippen molar-refractivity contribution in [3.63, 3.8) is 0 Å². The van der Waals surface area contributed by atoms with Crippen LogP contribution in [0.3, 0.4) is 0 Å². The largest absolute Gasteiger partial charge is 0.490 e. The molecule has 0 spiro atoms. The summed E-state index contributed by atoms with van der Waals surface area (Å²) in [7, 11) is 3.74. The summed E-state index contributed by atoms with van der Waals surface area (Å²) in [6.07, 6.45) is 1.52. The molecule has 0 saturated heterocycles. The normalized spacial score (nSPS) is 10.6. The van der Waals surface area contributed by atoms with Crippen molar-refractivity contribution in [3.05, 3.63) is 35.9 Å². The SMILES string of the molecule is CCOc1cccc(CNC)c1OCc1ncnn1C. The fourth-order valence-electron chi connectivity index (χ4n) is 1.91. The predicted molar refractivity (Wildman–Crippen MR) is 75.7 cm³/mol. The molecule has 108 valence electrons. The third-order valence-corrected chi connectivity index (χ3v) is 2.88. The zero-order valence-corrected chi connectivity index (χ0v) is 12.1. The van der Waals surface area contributed by atoms with Crippen LogP contribution in [0.25, 0.3) is 0 Å². The molecule has 0 fully saturated rings. The summed E-state index contributed by atoms with van der Waals surface area (Å²) in [5.74, 6) is 2.28. The van der Waals surface area contributed by atoms with Crippen molar-refractivity contribution in [3.8, 4) is 11.5 Å². The number of benzene rings is 1. The number of rotatable bonds is 7. The fourth-order valence-corrected chi connectivity index (χ4v) is 1.91. The highest BCUT2D eigenvalue weighted by Crippen LogP contribution is 2.32. The summed E-state index contributed by atoms with van der Waals surface area (Å²) >= 11 is 0. The molecule has 1 aromatic heterocycles. The summed E-state index contributed by atoms with van der Waals surface area (Å²) in [6.45, 7) is 3.63. The third kappa shape index (κ3) is 3.27. The van der Waals surface area contributed by atoms with Crippen LogP contribution in [0.5, 0.6) is 11.5 Å². The van der Waals surface area contributed by atoms with Crippen LogP contribution in [0.1, 0.15) is 18.3 Å². The van der Waals surface area contributed by atoms with Crippen LogP contribution in [-0.2, 0) is 20.2 Å². The molecule has 0 aliphatic heterocycles. The average Bonchev–Trinajstić information content (AvgIpc) is 2.84. The van der Waals surface area contributed by atoms with Gasteiger partial charge in [0.15, 0.2) is 17.3 Å². The molecule has 6 heteroatoms. The Bertz CT molecular complexity index is 530. The first-order chi connectivity index (χ1) is 9.76. The van der Waals surface area contributed by atoms with Crippen LogP contribution < -0.4 is 14.8 Å². The van der Waals surface area contributed by atoms with Gasteiger partial charge in [0.25, 0.3) is 0 Å². The quantitative estimate of drug-likeness (QED) is 0.830. The van der Waals surface area contributed by atoms with E-state index in [4.69, 9.17) is 9.47 Å². The minimum Gasteiger partial charge on any atom is -0.490 e. The van der Waals surface area contributed by atoms with Crippen LogP contribution in [0, 0.1) is 0 Å². The highest BCUT2D eigenvalue weighted by atomic mass is 16.5. The first-order valence-corrected chi connectivity index (χ1v) is 6.61. The Kier molecular flexibility index (Phi) is 4.95. The van der Waals surface area contributed by atoms with Crippen molar-refractivity contribution in [1.29, 1.82) is 0 Å². The number of nitrogens with zero attached hydrogens (tertiary/aromatic N) is 3. The monoisotopic (exact) mass is 276 g/mol. The van der Waals surface area contributed by atoms with Gasteiger partial charge in [0, 0.05) is 19.2 Å². The lowest BCUT2D eigenvalue weighted by Gasteiger charge is -2.15. The topological polar surface area (TPSA) is 61.2 Å². The highest BCUT2D eigenvalue weighted by molar-refractivity contribution is 5.46. The number of nitrogens with one attached hydrogen (secondary N) is 1. The Balaban J connectivity index is 2.20. The average molecular weight is 276 g/mol. The maximum atomic E-state index is 5.91. The molecule has 0 atom stereocenters.